The van der Waals surface area contributed by atoms with Crippen LogP contribution in [0.15, 0.2) is 11.6 Å². The molecule has 2 saturated heterocycles. The van der Waals surface area contributed by atoms with Gasteiger partial charge in [-0.05, 0) is 20.3 Å². The summed E-state index contributed by atoms with van der Waals surface area (Å²) in [5.74, 6) is -1.18. The Morgan fingerprint density at radius 3 is 2.58 bits per heavy atom. The molecule has 3 fully saturated rings. The van der Waals surface area contributed by atoms with E-state index in [2.05, 4.69) is 0 Å². The van der Waals surface area contributed by atoms with E-state index in [9.17, 15) is 22.4 Å². The zero-order valence-electron chi connectivity index (χ0n) is 13.7. The summed E-state index contributed by atoms with van der Waals surface area (Å²) in [5.41, 5.74) is -2.38. The monoisotopic (exact) mass is 352 g/mol. The first kappa shape index (κ1) is 17.8. The van der Waals surface area contributed by atoms with Crippen LogP contribution in [0, 0.1) is 5.92 Å². The van der Waals surface area contributed by atoms with E-state index in [-0.39, 0.29) is 12.8 Å². The average Bonchev–Trinajstić information content (AvgIpc) is 3.38. The molecule has 136 valence electrons. The molecule has 3 aliphatic rings. The molecule has 3 rings (SSSR count). The van der Waals surface area contributed by atoms with Gasteiger partial charge in [-0.15, -0.1) is 0 Å². The van der Waals surface area contributed by atoms with Gasteiger partial charge in [0, 0.05) is 19.1 Å². The predicted octanol–water partition coefficient (Wildman–Crippen LogP) is 2.75. The number of ether oxygens (including phenoxy) is 3. The Labute approximate surface area is 137 Å². The molecule has 2 aliphatic heterocycles. The predicted molar refractivity (Wildman–Crippen MR) is 75.2 cm³/mol. The van der Waals surface area contributed by atoms with Crippen molar-refractivity contribution in [3.8, 4) is 0 Å². The highest BCUT2D eigenvalue weighted by molar-refractivity contribution is 5.89. The number of ketones is 1. The first-order valence-corrected chi connectivity index (χ1v) is 7.81. The number of carbonyl (C=O) groups excluding carboxylic acids is 1. The van der Waals surface area contributed by atoms with Gasteiger partial charge in [-0.1, -0.05) is 6.08 Å². The number of alkyl halides is 4. The standard InChI is InChI=1S/C16H20F4O4/c1-8(16(18,19)20)4-5-10-14(2,24-10)13-12(22-3)11(21)9(17)6-15(13)7-23-15/h4,9-10,12-13H,5-7H2,1-3H3/b8-4+/t9-,10-,12-,13-,14+,15+/m1/s1. The normalized spacial score (nSPS) is 45.6. The van der Waals surface area contributed by atoms with Crippen molar-refractivity contribution in [1.29, 1.82) is 0 Å². The number of carbonyl (C=O) groups is 1. The summed E-state index contributed by atoms with van der Waals surface area (Å²) in [6.07, 6.45) is -6.43. The second-order valence-corrected chi connectivity index (χ2v) is 6.97. The molecular weight excluding hydrogens is 332 g/mol. The Morgan fingerprint density at radius 2 is 2.08 bits per heavy atom. The number of Topliss-reactive ketones (excluding diaryl/α,β-unsaturated/α-hetero) is 1. The van der Waals surface area contributed by atoms with Crippen molar-refractivity contribution in [2.24, 2.45) is 5.92 Å². The first-order valence-electron chi connectivity index (χ1n) is 7.81. The van der Waals surface area contributed by atoms with Crippen LogP contribution in [0.3, 0.4) is 0 Å². The van der Waals surface area contributed by atoms with Crippen LogP contribution < -0.4 is 0 Å². The van der Waals surface area contributed by atoms with E-state index in [1.165, 1.54) is 7.11 Å². The largest absolute Gasteiger partial charge is 0.412 e. The maximum atomic E-state index is 13.9. The third-order valence-electron chi connectivity index (χ3n) is 5.43. The van der Waals surface area contributed by atoms with Gasteiger partial charge < -0.3 is 14.2 Å². The van der Waals surface area contributed by atoms with Crippen LogP contribution in [0.1, 0.15) is 26.7 Å². The average molecular weight is 352 g/mol. The van der Waals surface area contributed by atoms with Crippen molar-refractivity contribution >= 4 is 5.78 Å². The Bertz CT molecular complexity index is 569. The van der Waals surface area contributed by atoms with Gasteiger partial charge in [0.1, 0.15) is 17.3 Å². The Balaban J connectivity index is 1.77. The summed E-state index contributed by atoms with van der Waals surface area (Å²) in [5, 5.41) is 0. The molecule has 24 heavy (non-hydrogen) atoms. The summed E-state index contributed by atoms with van der Waals surface area (Å²) in [6.45, 7) is 3.02. The molecule has 8 heteroatoms. The summed E-state index contributed by atoms with van der Waals surface area (Å²) < 4.78 is 68.0. The van der Waals surface area contributed by atoms with Crippen molar-refractivity contribution in [3.05, 3.63) is 11.6 Å². The summed E-state index contributed by atoms with van der Waals surface area (Å²) in [4.78, 5) is 12.1. The number of hydrogen-bond donors (Lipinski definition) is 0. The molecule has 1 spiro atoms. The second-order valence-electron chi connectivity index (χ2n) is 6.97. The molecular formula is C16H20F4O4. The highest BCUT2D eigenvalue weighted by Crippen LogP contribution is 2.59. The molecule has 0 aromatic rings. The lowest BCUT2D eigenvalue weighted by Crippen LogP contribution is -2.56. The number of methoxy groups -OCH3 is 1. The second kappa shape index (κ2) is 5.51. The maximum Gasteiger partial charge on any atom is 0.412 e. The number of hydrogen-bond acceptors (Lipinski definition) is 4. The number of rotatable bonds is 4. The molecule has 6 atom stereocenters. The lowest BCUT2D eigenvalue weighted by molar-refractivity contribution is -0.150. The lowest BCUT2D eigenvalue weighted by Gasteiger charge is -2.38. The van der Waals surface area contributed by atoms with Crippen molar-refractivity contribution in [2.45, 2.75) is 62.4 Å². The van der Waals surface area contributed by atoms with E-state index >= 15 is 0 Å². The fraction of sp³-hybridized carbons (Fsp3) is 0.812. The maximum absolute atomic E-state index is 13.9. The molecule has 0 amide bonds. The van der Waals surface area contributed by atoms with E-state index < -0.39 is 53.0 Å². The molecule has 0 aromatic carbocycles. The zero-order chi connectivity index (χ0) is 17.9. The summed E-state index contributed by atoms with van der Waals surface area (Å²) >= 11 is 0. The summed E-state index contributed by atoms with van der Waals surface area (Å²) in [7, 11) is 1.32. The molecule has 0 radical (unpaired) electrons. The fourth-order valence-corrected chi connectivity index (χ4v) is 3.84. The number of allylic oxidation sites excluding steroid dienone is 1. The minimum Gasteiger partial charge on any atom is -0.373 e. The van der Waals surface area contributed by atoms with E-state index in [4.69, 9.17) is 14.2 Å². The molecule has 0 bridgehead atoms. The number of epoxide rings is 2. The van der Waals surface area contributed by atoms with E-state index in [0.29, 0.717) is 6.61 Å². The molecule has 0 N–H and O–H groups in total. The van der Waals surface area contributed by atoms with Crippen molar-refractivity contribution < 1.29 is 36.6 Å². The minimum absolute atomic E-state index is 0.0561. The van der Waals surface area contributed by atoms with Gasteiger partial charge in [0.15, 0.2) is 12.0 Å². The van der Waals surface area contributed by atoms with Crippen molar-refractivity contribution in [3.63, 3.8) is 0 Å². The van der Waals surface area contributed by atoms with Crippen LogP contribution >= 0.6 is 0 Å². The Kier molecular flexibility index (Phi) is 4.09. The topological polar surface area (TPSA) is 51.4 Å². The van der Waals surface area contributed by atoms with E-state index in [0.717, 1.165) is 13.0 Å². The highest BCUT2D eigenvalue weighted by Gasteiger charge is 2.73. The first-order chi connectivity index (χ1) is 11.0. The molecule has 0 aromatic heterocycles. The van der Waals surface area contributed by atoms with Crippen LogP contribution in [-0.2, 0) is 19.0 Å². The van der Waals surface area contributed by atoms with Gasteiger partial charge >= 0.3 is 6.18 Å². The Morgan fingerprint density at radius 1 is 1.46 bits per heavy atom. The van der Waals surface area contributed by atoms with Crippen molar-refractivity contribution in [1.82, 2.24) is 0 Å². The summed E-state index contributed by atoms with van der Waals surface area (Å²) in [6, 6.07) is 0. The third kappa shape index (κ3) is 2.78. The van der Waals surface area contributed by atoms with Crippen LogP contribution in [-0.4, -0.2) is 55.3 Å². The van der Waals surface area contributed by atoms with Gasteiger partial charge in [-0.2, -0.15) is 13.2 Å². The zero-order valence-corrected chi connectivity index (χ0v) is 13.7. The van der Waals surface area contributed by atoms with Gasteiger partial charge in [-0.25, -0.2) is 4.39 Å². The SMILES string of the molecule is CO[C@@H]1C(=O)[C@H](F)C[C@]2(CO2)[C@H]1[C@@]1(C)O[C@@H]1C/C=C(\C)C(F)(F)F. The van der Waals surface area contributed by atoms with Gasteiger partial charge in [-0.3, -0.25) is 4.79 Å². The highest BCUT2D eigenvalue weighted by atomic mass is 19.4. The quantitative estimate of drug-likeness (QED) is 0.444. The molecule has 1 saturated carbocycles. The minimum atomic E-state index is -4.37. The van der Waals surface area contributed by atoms with E-state index in [1.807, 2.05) is 0 Å². The smallest absolute Gasteiger partial charge is 0.373 e. The van der Waals surface area contributed by atoms with Gasteiger partial charge in [0.25, 0.3) is 0 Å². The van der Waals surface area contributed by atoms with E-state index in [1.54, 1.807) is 6.92 Å². The molecule has 4 nitrogen and oxygen atoms in total. The van der Waals surface area contributed by atoms with Gasteiger partial charge in [0.05, 0.1) is 18.6 Å². The third-order valence-corrected chi connectivity index (χ3v) is 5.43. The van der Waals surface area contributed by atoms with Gasteiger partial charge in [0.2, 0.25) is 0 Å². The van der Waals surface area contributed by atoms with Crippen LogP contribution in [0.5, 0.6) is 0 Å². The van der Waals surface area contributed by atoms with Crippen molar-refractivity contribution in [2.75, 3.05) is 13.7 Å². The Hall–Kier alpha value is -0.990. The van der Waals surface area contributed by atoms with Crippen LogP contribution in [0.4, 0.5) is 17.6 Å². The molecule has 2 heterocycles. The molecule has 0 unspecified atom stereocenters. The fourth-order valence-electron chi connectivity index (χ4n) is 3.84. The lowest BCUT2D eigenvalue weighted by atomic mass is 9.68. The molecule has 1 aliphatic carbocycles. The van der Waals surface area contributed by atoms with Crippen LogP contribution in [0.2, 0.25) is 0 Å². The number of halogens is 4. The van der Waals surface area contributed by atoms with Crippen LogP contribution in [0.25, 0.3) is 0 Å².